The Hall–Kier alpha value is -7.37. The standard InChI is InChI=1S/C49H30N4O/c1-4-15-31(16-5-1)40-30-42-45(36-22-11-10-21-35(36)40)37-23-12-13-25-41(37)53(42)34-27-28-38-44(29-34)54-43-26-14-24-39(46(38)43)49-51-47(32-17-6-2-7-18-32)50-48(52-49)33-19-8-3-9-20-33/h1-30H. The Labute approximate surface area is 310 Å². The van der Waals surface area contributed by atoms with E-state index in [1.54, 1.807) is 0 Å². The lowest BCUT2D eigenvalue weighted by Crippen LogP contribution is -2.00. The second-order valence-electron chi connectivity index (χ2n) is 13.6. The Bertz CT molecular complexity index is 3140. The fourth-order valence-electron chi connectivity index (χ4n) is 8.03. The van der Waals surface area contributed by atoms with E-state index in [9.17, 15) is 0 Å². The normalized spacial score (nSPS) is 11.7. The van der Waals surface area contributed by atoms with Gasteiger partial charge in [-0.25, -0.2) is 15.0 Å². The van der Waals surface area contributed by atoms with Crippen molar-refractivity contribution < 1.29 is 4.42 Å². The maximum atomic E-state index is 6.69. The summed E-state index contributed by atoms with van der Waals surface area (Å²) in [7, 11) is 0. The summed E-state index contributed by atoms with van der Waals surface area (Å²) in [6.45, 7) is 0. The highest BCUT2D eigenvalue weighted by atomic mass is 16.3. The summed E-state index contributed by atoms with van der Waals surface area (Å²) in [5.41, 5.74) is 10.1. The molecule has 0 amide bonds. The van der Waals surface area contributed by atoms with E-state index in [-0.39, 0.29) is 0 Å². The second-order valence-corrected chi connectivity index (χ2v) is 13.6. The molecule has 0 saturated heterocycles. The molecule has 0 aliphatic carbocycles. The van der Waals surface area contributed by atoms with Gasteiger partial charge in [-0.2, -0.15) is 0 Å². The molecule has 5 nitrogen and oxygen atoms in total. The van der Waals surface area contributed by atoms with Crippen molar-refractivity contribution in [2.75, 3.05) is 0 Å². The van der Waals surface area contributed by atoms with Crippen molar-refractivity contribution in [1.82, 2.24) is 19.5 Å². The monoisotopic (exact) mass is 690 g/mol. The van der Waals surface area contributed by atoms with Crippen LogP contribution >= 0.6 is 0 Å². The van der Waals surface area contributed by atoms with E-state index in [4.69, 9.17) is 19.4 Å². The molecule has 11 rings (SSSR count). The van der Waals surface area contributed by atoms with Gasteiger partial charge in [-0.15, -0.1) is 0 Å². The van der Waals surface area contributed by atoms with Gasteiger partial charge in [0.2, 0.25) is 0 Å². The predicted octanol–water partition coefficient (Wildman–Crippen LogP) is 12.7. The lowest BCUT2D eigenvalue weighted by Gasteiger charge is -2.12. The second kappa shape index (κ2) is 12.1. The highest BCUT2D eigenvalue weighted by molar-refractivity contribution is 6.24. The Morgan fingerprint density at radius 2 is 0.944 bits per heavy atom. The zero-order valence-corrected chi connectivity index (χ0v) is 29.0. The quantitative estimate of drug-likeness (QED) is 0.180. The first kappa shape index (κ1) is 30.3. The maximum Gasteiger partial charge on any atom is 0.164 e. The number of rotatable bonds is 5. The van der Waals surface area contributed by atoms with E-state index in [0.717, 1.165) is 55.3 Å². The van der Waals surface area contributed by atoms with Crippen molar-refractivity contribution in [3.8, 4) is 51.0 Å². The smallest absolute Gasteiger partial charge is 0.164 e. The average molecular weight is 691 g/mol. The molecule has 5 heteroatoms. The van der Waals surface area contributed by atoms with Crippen molar-refractivity contribution >= 4 is 54.5 Å². The largest absolute Gasteiger partial charge is 0.456 e. The molecule has 0 spiro atoms. The zero-order chi connectivity index (χ0) is 35.6. The molecular formula is C49H30N4O. The molecule has 0 fully saturated rings. The number of aromatic nitrogens is 4. The number of furan rings is 1. The van der Waals surface area contributed by atoms with E-state index in [1.165, 1.54) is 32.7 Å². The van der Waals surface area contributed by atoms with Crippen LogP contribution in [0.15, 0.2) is 186 Å². The summed E-state index contributed by atoms with van der Waals surface area (Å²) in [5, 5.41) is 6.91. The SMILES string of the molecule is c1ccc(-c2nc(-c3ccccc3)nc(-c3cccc4oc5cc(-n6c7ccccc7c7c8ccccc8c(-c8ccccc8)cc76)ccc5c34)n2)cc1. The van der Waals surface area contributed by atoms with Crippen molar-refractivity contribution in [1.29, 1.82) is 0 Å². The van der Waals surface area contributed by atoms with Crippen molar-refractivity contribution in [3.63, 3.8) is 0 Å². The molecule has 54 heavy (non-hydrogen) atoms. The Morgan fingerprint density at radius 1 is 0.352 bits per heavy atom. The minimum atomic E-state index is 0.600. The zero-order valence-electron chi connectivity index (χ0n) is 29.0. The topological polar surface area (TPSA) is 56.7 Å². The number of fused-ring (bicyclic) bond motifs is 8. The van der Waals surface area contributed by atoms with E-state index in [2.05, 4.69) is 114 Å². The molecule has 252 valence electrons. The lowest BCUT2D eigenvalue weighted by molar-refractivity contribution is 0.668. The van der Waals surface area contributed by atoms with E-state index in [0.29, 0.717) is 17.5 Å². The fourth-order valence-corrected chi connectivity index (χ4v) is 8.03. The fraction of sp³-hybridized carbons (Fsp3) is 0. The molecule has 0 N–H and O–H groups in total. The van der Waals surface area contributed by atoms with Crippen molar-refractivity contribution in [2.45, 2.75) is 0 Å². The highest BCUT2D eigenvalue weighted by Crippen LogP contribution is 2.43. The number of nitrogens with zero attached hydrogens (tertiary/aromatic N) is 4. The van der Waals surface area contributed by atoms with Crippen LogP contribution in [0.1, 0.15) is 0 Å². The summed E-state index contributed by atoms with van der Waals surface area (Å²) in [6, 6.07) is 63.3. The first-order valence-corrected chi connectivity index (χ1v) is 18.1. The molecule has 0 unspecified atom stereocenters. The Morgan fingerprint density at radius 3 is 1.65 bits per heavy atom. The maximum absolute atomic E-state index is 6.69. The number of benzene rings is 8. The minimum Gasteiger partial charge on any atom is -0.456 e. The predicted molar refractivity (Wildman–Crippen MR) is 221 cm³/mol. The van der Waals surface area contributed by atoms with Crippen LogP contribution in [0.25, 0.3) is 105 Å². The van der Waals surface area contributed by atoms with Gasteiger partial charge in [-0.05, 0) is 52.2 Å². The van der Waals surface area contributed by atoms with Crippen molar-refractivity contribution in [2.24, 2.45) is 0 Å². The van der Waals surface area contributed by atoms with Gasteiger partial charge in [0.05, 0.1) is 11.0 Å². The van der Waals surface area contributed by atoms with Gasteiger partial charge in [0.25, 0.3) is 0 Å². The van der Waals surface area contributed by atoms with Crippen LogP contribution in [0.3, 0.4) is 0 Å². The van der Waals surface area contributed by atoms with Gasteiger partial charge in [0.15, 0.2) is 17.5 Å². The van der Waals surface area contributed by atoms with Gasteiger partial charge in [0.1, 0.15) is 11.2 Å². The van der Waals surface area contributed by atoms with Gasteiger partial charge in [0, 0.05) is 50.0 Å². The van der Waals surface area contributed by atoms with Gasteiger partial charge >= 0.3 is 0 Å². The van der Waals surface area contributed by atoms with E-state index >= 15 is 0 Å². The molecule has 0 radical (unpaired) electrons. The van der Waals surface area contributed by atoms with Crippen LogP contribution in [0.5, 0.6) is 0 Å². The summed E-state index contributed by atoms with van der Waals surface area (Å²) in [4.78, 5) is 15.0. The third-order valence-corrected chi connectivity index (χ3v) is 10.4. The van der Waals surface area contributed by atoms with Crippen LogP contribution < -0.4 is 0 Å². The Balaban J connectivity index is 1.14. The van der Waals surface area contributed by atoms with Gasteiger partial charge in [-0.1, -0.05) is 146 Å². The van der Waals surface area contributed by atoms with Crippen LogP contribution in [-0.4, -0.2) is 19.5 Å². The highest BCUT2D eigenvalue weighted by Gasteiger charge is 2.21. The molecule has 0 saturated carbocycles. The molecule has 0 bridgehead atoms. The first-order chi connectivity index (χ1) is 26.8. The van der Waals surface area contributed by atoms with Gasteiger partial charge in [-0.3, -0.25) is 0 Å². The molecule has 0 atom stereocenters. The summed E-state index contributed by atoms with van der Waals surface area (Å²) >= 11 is 0. The summed E-state index contributed by atoms with van der Waals surface area (Å²) < 4.78 is 9.06. The molecule has 0 aliphatic heterocycles. The molecule has 11 aromatic rings. The first-order valence-electron chi connectivity index (χ1n) is 18.1. The molecule has 3 heterocycles. The lowest BCUT2D eigenvalue weighted by atomic mass is 9.95. The third-order valence-electron chi connectivity index (χ3n) is 10.4. The average Bonchev–Trinajstić information content (AvgIpc) is 3.79. The van der Waals surface area contributed by atoms with Crippen LogP contribution in [0.4, 0.5) is 0 Å². The third kappa shape index (κ3) is 4.76. The van der Waals surface area contributed by atoms with E-state index in [1.807, 2.05) is 72.8 Å². The van der Waals surface area contributed by atoms with Crippen LogP contribution in [0, 0.1) is 0 Å². The van der Waals surface area contributed by atoms with Crippen LogP contribution in [0.2, 0.25) is 0 Å². The van der Waals surface area contributed by atoms with Crippen LogP contribution in [-0.2, 0) is 0 Å². The van der Waals surface area contributed by atoms with E-state index < -0.39 is 0 Å². The summed E-state index contributed by atoms with van der Waals surface area (Å²) in [6.07, 6.45) is 0. The Kier molecular flexibility index (Phi) is 6.79. The molecular weight excluding hydrogens is 661 g/mol. The van der Waals surface area contributed by atoms with Crippen molar-refractivity contribution in [3.05, 3.63) is 182 Å². The minimum absolute atomic E-state index is 0.600. The summed E-state index contributed by atoms with van der Waals surface area (Å²) in [5.74, 6) is 1.85. The van der Waals surface area contributed by atoms with Gasteiger partial charge < -0.3 is 8.98 Å². The molecule has 8 aromatic carbocycles. The number of hydrogen-bond acceptors (Lipinski definition) is 4. The number of hydrogen-bond donors (Lipinski definition) is 0. The number of para-hydroxylation sites is 1. The molecule has 0 aliphatic rings. The molecule has 3 aromatic heterocycles.